The standard InChI is InChI=1S/C25H21N5O2/c1-16-23-19(13-20(17-9-5-3-6-10-17)28-24(23)30(2)29-16)25(31)27-15-22-26-14-21(32-22)18-11-7-4-8-12-18/h3-14H,15H2,1-2H3,(H,27,31). The maximum atomic E-state index is 13.2. The van der Waals surface area contributed by atoms with Gasteiger partial charge in [0.25, 0.3) is 5.91 Å². The molecule has 0 bridgehead atoms. The fraction of sp³-hybridized carbons (Fsp3) is 0.120. The summed E-state index contributed by atoms with van der Waals surface area (Å²) in [5.74, 6) is 0.870. The van der Waals surface area contributed by atoms with E-state index in [1.54, 1.807) is 10.9 Å². The fourth-order valence-corrected chi connectivity index (χ4v) is 3.76. The molecule has 0 aliphatic carbocycles. The van der Waals surface area contributed by atoms with Crippen LogP contribution in [-0.2, 0) is 13.6 Å². The molecule has 2 aromatic carbocycles. The minimum atomic E-state index is -0.231. The van der Waals surface area contributed by atoms with E-state index in [1.165, 1.54) is 0 Å². The van der Waals surface area contributed by atoms with E-state index in [9.17, 15) is 4.79 Å². The van der Waals surface area contributed by atoms with Crippen LogP contribution in [0.1, 0.15) is 21.9 Å². The lowest BCUT2D eigenvalue weighted by Crippen LogP contribution is -2.23. The Morgan fingerprint density at radius 1 is 1.03 bits per heavy atom. The average Bonchev–Trinajstić information content (AvgIpc) is 3.42. The SMILES string of the molecule is Cc1nn(C)c2nc(-c3ccccc3)cc(C(=O)NCc3ncc(-c4ccccc4)o3)c12. The number of hydrogen-bond donors (Lipinski definition) is 1. The van der Waals surface area contributed by atoms with Crippen LogP contribution in [0, 0.1) is 6.92 Å². The zero-order chi connectivity index (χ0) is 22.1. The Kier molecular flexibility index (Phi) is 4.99. The Morgan fingerprint density at radius 3 is 2.44 bits per heavy atom. The lowest BCUT2D eigenvalue weighted by molar-refractivity contribution is 0.0949. The summed E-state index contributed by atoms with van der Waals surface area (Å²) in [6.45, 7) is 2.05. The van der Waals surface area contributed by atoms with Gasteiger partial charge in [0.05, 0.1) is 35.1 Å². The first kappa shape index (κ1) is 19.7. The predicted octanol–water partition coefficient (Wildman–Crippen LogP) is 4.53. The molecule has 158 valence electrons. The highest BCUT2D eigenvalue weighted by molar-refractivity contribution is 6.07. The molecule has 0 radical (unpaired) electrons. The van der Waals surface area contributed by atoms with Crippen LogP contribution < -0.4 is 5.32 Å². The highest BCUT2D eigenvalue weighted by Crippen LogP contribution is 2.27. The zero-order valence-corrected chi connectivity index (χ0v) is 17.7. The van der Waals surface area contributed by atoms with Crippen molar-refractivity contribution in [3.8, 4) is 22.6 Å². The molecule has 32 heavy (non-hydrogen) atoms. The van der Waals surface area contributed by atoms with Gasteiger partial charge in [-0.1, -0.05) is 60.7 Å². The topological polar surface area (TPSA) is 85.8 Å². The maximum Gasteiger partial charge on any atom is 0.252 e. The molecule has 0 saturated heterocycles. The zero-order valence-electron chi connectivity index (χ0n) is 17.7. The molecule has 0 saturated carbocycles. The molecule has 3 aromatic heterocycles. The highest BCUT2D eigenvalue weighted by atomic mass is 16.4. The summed E-state index contributed by atoms with van der Waals surface area (Å²) in [7, 11) is 1.83. The summed E-state index contributed by atoms with van der Waals surface area (Å²) in [4.78, 5) is 22.3. The molecule has 0 atom stereocenters. The number of aryl methyl sites for hydroxylation is 2. The number of rotatable bonds is 5. The summed E-state index contributed by atoms with van der Waals surface area (Å²) in [5, 5.41) is 8.13. The maximum absolute atomic E-state index is 13.2. The van der Waals surface area contributed by atoms with Crippen molar-refractivity contribution in [1.29, 1.82) is 0 Å². The average molecular weight is 423 g/mol. The molecule has 1 N–H and O–H groups in total. The Labute approximate surface area is 184 Å². The normalized spacial score (nSPS) is 11.1. The number of oxazole rings is 1. The molecule has 5 rings (SSSR count). The Hall–Kier alpha value is -4.26. The number of carbonyl (C=O) groups is 1. The molecular formula is C25H21N5O2. The van der Waals surface area contributed by atoms with Crippen molar-refractivity contribution in [2.75, 3.05) is 0 Å². The first-order valence-corrected chi connectivity index (χ1v) is 10.3. The number of aromatic nitrogens is 4. The van der Waals surface area contributed by atoms with Crippen molar-refractivity contribution in [3.05, 3.63) is 90.1 Å². The second kappa shape index (κ2) is 8.11. The van der Waals surface area contributed by atoms with Gasteiger partial charge < -0.3 is 9.73 Å². The second-order valence-electron chi connectivity index (χ2n) is 7.50. The Morgan fingerprint density at radius 2 is 1.72 bits per heavy atom. The van der Waals surface area contributed by atoms with E-state index in [4.69, 9.17) is 9.40 Å². The third-order valence-corrected chi connectivity index (χ3v) is 5.29. The number of benzene rings is 2. The summed E-state index contributed by atoms with van der Waals surface area (Å²) in [5.41, 5.74) is 4.52. The van der Waals surface area contributed by atoms with Gasteiger partial charge in [-0.3, -0.25) is 9.48 Å². The van der Waals surface area contributed by atoms with Gasteiger partial charge in [-0.2, -0.15) is 5.10 Å². The van der Waals surface area contributed by atoms with Gasteiger partial charge in [-0.15, -0.1) is 0 Å². The lowest BCUT2D eigenvalue weighted by atomic mass is 10.0. The molecule has 7 heteroatoms. The number of nitrogens with one attached hydrogen (secondary N) is 1. The van der Waals surface area contributed by atoms with Crippen LogP contribution in [0.4, 0.5) is 0 Å². The number of nitrogens with zero attached hydrogens (tertiary/aromatic N) is 4. The van der Waals surface area contributed by atoms with Crippen molar-refractivity contribution >= 4 is 16.9 Å². The highest BCUT2D eigenvalue weighted by Gasteiger charge is 2.19. The fourth-order valence-electron chi connectivity index (χ4n) is 3.76. The lowest BCUT2D eigenvalue weighted by Gasteiger charge is -2.08. The number of fused-ring (bicyclic) bond motifs is 1. The minimum absolute atomic E-state index is 0.176. The largest absolute Gasteiger partial charge is 0.439 e. The summed E-state index contributed by atoms with van der Waals surface area (Å²) < 4.78 is 7.51. The van der Waals surface area contributed by atoms with Crippen molar-refractivity contribution < 1.29 is 9.21 Å². The van der Waals surface area contributed by atoms with Crippen LogP contribution in [0.3, 0.4) is 0 Å². The third-order valence-electron chi connectivity index (χ3n) is 5.29. The van der Waals surface area contributed by atoms with Crippen molar-refractivity contribution in [1.82, 2.24) is 25.1 Å². The smallest absolute Gasteiger partial charge is 0.252 e. The van der Waals surface area contributed by atoms with E-state index in [1.807, 2.05) is 80.7 Å². The van der Waals surface area contributed by atoms with E-state index < -0.39 is 0 Å². The summed E-state index contributed by atoms with van der Waals surface area (Å²) in [6, 6.07) is 21.3. The molecule has 0 aliphatic rings. The van der Waals surface area contributed by atoms with Gasteiger partial charge in [-0.05, 0) is 13.0 Å². The number of amides is 1. The monoisotopic (exact) mass is 423 g/mol. The van der Waals surface area contributed by atoms with Gasteiger partial charge in [0.2, 0.25) is 5.89 Å². The van der Waals surface area contributed by atoms with Gasteiger partial charge in [0.1, 0.15) is 0 Å². The van der Waals surface area contributed by atoms with E-state index in [2.05, 4.69) is 15.4 Å². The molecule has 0 spiro atoms. The summed E-state index contributed by atoms with van der Waals surface area (Å²) >= 11 is 0. The van der Waals surface area contributed by atoms with Gasteiger partial charge in [0, 0.05) is 18.2 Å². The molecule has 7 nitrogen and oxygen atoms in total. The van der Waals surface area contributed by atoms with E-state index >= 15 is 0 Å². The number of pyridine rings is 1. The van der Waals surface area contributed by atoms with Gasteiger partial charge in [0.15, 0.2) is 11.4 Å². The predicted molar refractivity (Wildman–Crippen MR) is 122 cm³/mol. The van der Waals surface area contributed by atoms with Crippen LogP contribution >= 0.6 is 0 Å². The van der Waals surface area contributed by atoms with Crippen LogP contribution in [0.15, 0.2) is 77.3 Å². The molecule has 0 fully saturated rings. The van der Waals surface area contributed by atoms with Crippen molar-refractivity contribution in [3.63, 3.8) is 0 Å². The van der Waals surface area contributed by atoms with Crippen molar-refractivity contribution in [2.45, 2.75) is 13.5 Å². The summed E-state index contributed by atoms with van der Waals surface area (Å²) in [6.07, 6.45) is 1.67. The first-order valence-electron chi connectivity index (χ1n) is 10.3. The van der Waals surface area contributed by atoms with Crippen LogP contribution in [0.5, 0.6) is 0 Å². The molecular weight excluding hydrogens is 402 g/mol. The van der Waals surface area contributed by atoms with Crippen LogP contribution in [0.25, 0.3) is 33.6 Å². The Bertz CT molecular complexity index is 1400. The number of carbonyl (C=O) groups excluding carboxylic acids is 1. The van der Waals surface area contributed by atoms with Crippen LogP contribution in [0.2, 0.25) is 0 Å². The molecule has 0 unspecified atom stereocenters. The van der Waals surface area contributed by atoms with Crippen molar-refractivity contribution in [2.24, 2.45) is 7.05 Å². The quantitative estimate of drug-likeness (QED) is 0.449. The van der Waals surface area contributed by atoms with E-state index in [0.29, 0.717) is 28.6 Å². The minimum Gasteiger partial charge on any atom is -0.439 e. The second-order valence-corrected chi connectivity index (χ2v) is 7.50. The molecule has 1 amide bonds. The molecule has 0 aliphatic heterocycles. The van der Waals surface area contributed by atoms with Gasteiger partial charge >= 0.3 is 0 Å². The van der Waals surface area contributed by atoms with E-state index in [0.717, 1.165) is 22.2 Å². The van der Waals surface area contributed by atoms with Gasteiger partial charge in [-0.25, -0.2) is 9.97 Å². The third kappa shape index (κ3) is 3.65. The molecule has 5 aromatic rings. The first-order chi connectivity index (χ1) is 15.6. The Balaban J connectivity index is 1.45. The van der Waals surface area contributed by atoms with E-state index in [-0.39, 0.29) is 12.5 Å². The number of hydrogen-bond acceptors (Lipinski definition) is 5. The van der Waals surface area contributed by atoms with Crippen LogP contribution in [-0.4, -0.2) is 25.7 Å². The molecule has 3 heterocycles.